The fraction of sp³-hybridized carbons (Fsp3) is 0.381. The van der Waals surface area contributed by atoms with E-state index in [2.05, 4.69) is 25.1 Å². The molecular formula is C21H22Cl3N7O2. The predicted octanol–water partition coefficient (Wildman–Crippen LogP) is 3.89. The molecule has 4 aromatic heterocycles. The van der Waals surface area contributed by atoms with Gasteiger partial charge in [-0.2, -0.15) is 10.2 Å². The van der Waals surface area contributed by atoms with E-state index >= 15 is 0 Å². The molecule has 9 nitrogen and oxygen atoms in total. The molecular weight excluding hydrogens is 489 g/mol. The standard InChI is InChI=1S/C14H17ClN4O2.C7H5Cl2N3/c1-21-14(20)10-4-6-18(7-5-10)8-11-9-19-13(16-11)3-2-12(15)17-19;8-3-5-4-12-7(10-5)2-1-6(9)11-12/h2-3,9-10H,4-8H2,1H3;1-2,4H,3H2. The predicted molar refractivity (Wildman–Crippen MR) is 126 cm³/mol. The van der Waals surface area contributed by atoms with E-state index in [9.17, 15) is 4.79 Å². The number of methoxy groups -OCH3 is 1. The maximum absolute atomic E-state index is 11.5. The molecule has 12 heteroatoms. The van der Waals surface area contributed by atoms with E-state index in [0.717, 1.165) is 55.2 Å². The molecule has 5 rings (SSSR count). The Kier molecular flexibility index (Phi) is 7.64. The van der Waals surface area contributed by atoms with E-state index in [4.69, 9.17) is 39.5 Å². The number of aromatic nitrogens is 6. The molecule has 0 unspecified atom stereocenters. The average molecular weight is 511 g/mol. The quantitative estimate of drug-likeness (QED) is 0.304. The van der Waals surface area contributed by atoms with Crippen molar-refractivity contribution < 1.29 is 9.53 Å². The number of likely N-dealkylation sites (tertiary alicyclic amines) is 1. The second-order valence-corrected chi connectivity index (χ2v) is 8.63. The van der Waals surface area contributed by atoms with E-state index in [1.807, 2.05) is 12.3 Å². The Morgan fingerprint density at radius 3 is 2.06 bits per heavy atom. The van der Waals surface area contributed by atoms with Crippen molar-refractivity contribution in [3.05, 3.63) is 58.4 Å². The van der Waals surface area contributed by atoms with Gasteiger partial charge in [0.15, 0.2) is 11.3 Å². The minimum atomic E-state index is -0.0961. The van der Waals surface area contributed by atoms with Gasteiger partial charge in [-0.1, -0.05) is 23.2 Å². The van der Waals surface area contributed by atoms with Gasteiger partial charge < -0.3 is 4.74 Å². The van der Waals surface area contributed by atoms with Crippen molar-refractivity contribution in [3.8, 4) is 0 Å². The molecule has 0 N–H and O–H groups in total. The van der Waals surface area contributed by atoms with Crippen LogP contribution in [0.1, 0.15) is 24.2 Å². The molecule has 0 bridgehead atoms. The van der Waals surface area contributed by atoms with Gasteiger partial charge in [-0.05, 0) is 50.2 Å². The van der Waals surface area contributed by atoms with E-state index in [0.29, 0.717) is 16.2 Å². The highest BCUT2D eigenvalue weighted by atomic mass is 35.5. The van der Waals surface area contributed by atoms with Crippen LogP contribution in [0, 0.1) is 5.92 Å². The zero-order chi connectivity index (χ0) is 23.4. The van der Waals surface area contributed by atoms with Crippen LogP contribution in [0.15, 0.2) is 36.7 Å². The topological polar surface area (TPSA) is 89.9 Å². The Morgan fingerprint density at radius 2 is 1.52 bits per heavy atom. The van der Waals surface area contributed by atoms with Crippen molar-refractivity contribution in [3.63, 3.8) is 0 Å². The third-order valence-electron chi connectivity index (χ3n) is 5.32. The zero-order valence-corrected chi connectivity index (χ0v) is 20.1. The van der Waals surface area contributed by atoms with E-state index in [-0.39, 0.29) is 11.9 Å². The van der Waals surface area contributed by atoms with Crippen LogP contribution in [-0.4, -0.2) is 60.3 Å². The van der Waals surface area contributed by atoms with Gasteiger partial charge in [-0.3, -0.25) is 9.69 Å². The van der Waals surface area contributed by atoms with Gasteiger partial charge in [0.25, 0.3) is 0 Å². The second kappa shape index (κ2) is 10.6. The Morgan fingerprint density at radius 1 is 0.970 bits per heavy atom. The normalized spacial score (nSPS) is 14.9. The minimum absolute atomic E-state index is 0.0350. The highest BCUT2D eigenvalue weighted by Crippen LogP contribution is 2.20. The molecule has 5 heterocycles. The lowest BCUT2D eigenvalue weighted by molar-refractivity contribution is -0.147. The Hall–Kier alpha value is -2.46. The van der Waals surface area contributed by atoms with Crippen LogP contribution >= 0.6 is 34.8 Å². The third kappa shape index (κ3) is 5.92. The van der Waals surface area contributed by atoms with Gasteiger partial charge >= 0.3 is 5.97 Å². The second-order valence-electron chi connectivity index (χ2n) is 7.59. The summed E-state index contributed by atoms with van der Waals surface area (Å²) in [4.78, 5) is 22.5. The fourth-order valence-corrected chi connectivity index (χ4v) is 4.10. The van der Waals surface area contributed by atoms with Gasteiger partial charge in [-0.25, -0.2) is 19.0 Å². The Bertz CT molecular complexity index is 1250. The van der Waals surface area contributed by atoms with Gasteiger partial charge in [0, 0.05) is 6.54 Å². The number of hydrogen-bond acceptors (Lipinski definition) is 7. The molecule has 0 radical (unpaired) electrons. The first-order chi connectivity index (χ1) is 15.9. The van der Waals surface area contributed by atoms with Crippen LogP contribution in [0.2, 0.25) is 10.3 Å². The van der Waals surface area contributed by atoms with Crippen molar-refractivity contribution in [2.24, 2.45) is 5.92 Å². The van der Waals surface area contributed by atoms with Gasteiger partial charge in [-0.15, -0.1) is 11.6 Å². The summed E-state index contributed by atoms with van der Waals surface area (Å²) in [6, 6.07) is 7.07. The number of imidazole rings is 2. The van der Waals surface area contributed by atoms with Crippen molar-refractivity contribution in [2.45, 2.75) is 25.3 Å². The van der Waals surface area contributed by atoms with Crippen LogP contribution in [0.3, 0.4) is 0 Å². The monoisotopic (exact) mass is 509 g/mol. The van der Waals surface area contributed by atoms with Crippen LogP contribution in [0.25, 0.3) is 11.3 Å². The summed E-state index contributed by atoms with van der Waals surface area (Å²) in [6.07, 6.45) is 5.33. The number of ether oxygens (including phenoxy) is 1. The Labute approximate surface area is 205 Å². The highest BCUT2D eigenvalue weighted by molar-refractivity contribution is 6.29. The number of rotatable bonds is 4. The lowest BCUT2D eigenvalue weighted by Crippen LogP contribution is -2.36. The molecule has 1 fully saturated rings. The largest absolute Gasteiger partial charge is 0.469 e. The van der Waals surface area contributed by atoms with E-state index in [1.54, 1.807) is 33.4 Å². The van der Waals surface area contributed by atoms with Crippen molar-refractivity contribution >= 4 is 52.1 Å². The summed E-state index contributed by atoms with van der Waals surface area (Å²) in [5.74, 6) is 0.329. The minimum Gasteiger partial charge on any atom is -0.469 e. The number of halogens is 3. The molecule has 0 aromatic carbocycles. The van der Waals surface area contributed by atoms with Crippen molar-refractivity contribution in [2.75, 3.05) is 20.2 Å². The molecule has 174 valence electrons. The smallest absolute Gasteiger partial charge is 0.308 e. The Balaban J connectivity index is 0.000000183. The molecule has 33 heavy (non-hydrogen) atoms. The molecule has 1 saturated heterocycles. The van der Waals surface area contributed by atoms with Crippen LogP contribution in [-0.2, 0) is 22.0 Å². The third-order valence-corrected chi connectivity index (χ3v) is 6.00. The molecule has 0 aliphatic carbocycles. The van der Waals surface area contributed by atoms with Gasteiger partial charge in [0.1, 0.15) is 10.3 Å². The fourth-order valence-electron chi connectivity index (χ4n) is 3.68. The van der Waals surface area contributed by atoms with Crippen LogP contribution in [0.4, 0.5) is 0 Å². The summed E-state index contributed by atoms with van der Waals surface area (Å²) >= 11 is 17.1. The number of carbonyl (C=O) groups is 1. The van der Waals surface area contributed by atoms with Crippen molar-refractivity contribution in [1.29, 1.82) is 0 Å². The first kappa shape index (κ1) is 23.7. The summed E-state index contributed by atoms with van der Waals surface area (Å²) in [5.41, 5.74) is 3.31. The maximum Gasteiger partial charge on any atom is 0.308 e. The molecule has 0 saturated carbocycles. The lowest BCUT2D eigenvalue weighted by Gasteiger charge is -2.29. The SMILES string of the molecule is COC(=O)C1CCN(Cc2cn3nc(Cl)ccc3n2)CC1.ClCc1cn2nc(Cl)ccc2n1. The summed E-state index contributed by atoms with van der Waals surface area (Å²) in [5, 5.41) is 9.08. The average Bonchev–Trinajstić information content (AvgIpc) is 3.41. The van der Waals surface area contributed by atoms with Crippen LogP contribution in [0.5, 0.6) is 0 Å². The molecule has 0 spiro atoms. The number of nitrogens with zero attached hydrogens (tertiary/aromatic N) is 7. The number of alkyl halides is 1. The molecule has 4 aromatic rings. The first-order valence-corrected chi connectivity index (χ1v) is 11.6. The first-order valence-electron chi connectivity index (χ1n) is 10.3. The lowest BCUT2D eigenvalue weighted by atomic mass is 9.97. The van der Waals surface area contributed by atoms with Crippen LogP contribution < -0.4 is 0 Å². The van der Waals surface area contributed by atoms with E-state index < -0.39 is 0 Å². The molecule has 1 aliphatic rings. The maximum atomic E-state index is 11.5. The summed E-state index contributed by atoms with van der Waals surface area (Å²) in [7, 11) is 1.45. The molecule has 0 atom stereocenters. The summed E-state index contributed by atoms with van der Waals surface area (Å²) < 4.78 is 8.10. The number of hydrogen-bond donors (Lipinski definition) is 0. The number of esters is 1. The zero-order valence-electron chi connectivity index (χ0n) is 17.9. The molecule has 0 amide bonds. The summed E-state index contributed by atoms with van der Waals surface area (Å²) in [6.45, 7) is 2.51. The number of piperidine rings is 1. The number of carbonyl (C=O) groups excluding carboxylic acids is 1. The van der Waals surface area contributed by atoms with Crippen molar-refractivity contribution in [1.82, 2.24) is 34.1 Å². The van der Waals surface area contributed by atoms with Gasteiger partial charge in [0.05, 0.1) is 42.7 Å². The number of fused-ring (bicyclic) bond motifs is 2. The molecule has 1 aliphatic heterocycles. The van der Waals surface area contributed by atoms with Gasteiger partial charge in [0.2, 0.25) is 0 Å². The van der Waals surface area contributed by atoms with E-state index in [1.165, 1.54) is 7.11 Å². The highest BCUT2D eigenvalue weighted by Gasteiger charge is 2.25.